The van der Waals surface area contributed by atoms with Crippen molar-refractivity contribution in [2.24, 2.45) is 0 Å². The maximum atomic E-state index is 13.0. The van der Waals surface area contributed by atoms with Crippen LogP contribution >= 0.6 is 0 Å². The number of nitrogens with one attached hydrogen (secondary N) is 1. The first-order chi connectivity index (χ1) is 9.06. The third-order valence-electron chi connectivity index (χ3n) is 2.92. The van der Waals surface area contributed by atoms with E-state index in [1.165, 1.54) is 12.1 Å². The van der Waals surface area contributed by atoms with Gasteiger partial charge in [0, 0.05) is 12.2 Å². The third-order valence-corrected chi connectivity index (χ3v) is 2.92. The zero-order valence-electron chi connectivity index (χ0n) is 10.5. The van der Waals surface area contributed by atoms with Gasteiger partial charge in [-0.15, -0.1) is 0 Å². The number of halogens is 1. The first kappa shape index (κ1) is 13.1. The zero-order valence-corrected chi connectivity index (χ0v) is 10.5. The lowest BCUT2D eigenvalue weighted by atomic mass is 10.1. The van der Waals surface area contributed by atoms with Crippen LogP contribution in [0.15, 0.2) is 42.5 Å². The average Bonchev–Trinajstić information content (AvgIpc) is 2.38. The van der Waals surface area contributed by atoms with Crippen LogP contribution in [0.4, 0.5) is 10.1 Å². The summed E-state index contributed by atoms with van der Waals surface area (Å²) < 4.78 is 13.0. The minimum atomic E-state index is -0.944. The number of rotatable bonds is 4. The van der Waals surface area contributed by atoms with Gasteiger partial charge in [-0.1, -0.05) is 6.07 Å². The van der Waals surface area contributed by atoms with Gasteiger partial charge >= 0.3 is 5.97 Å². The summed E-state index contributed by atoms with van der Waals surface area (Å²) in [5.74, 6) is -1.19. The molecule has 0 aromatic heterocycles. The minimum absolute atomic E-state index is 0.243. The van der Waals surface area contributed by atoms with Crippen LogP contribution in [-0.4, -0.2) is 11.1 Å². The summed E-state index contributed by atoms with van der Waals surface area (Å²) in [5, 5.41) is 12.0. The van der Waals surface area contributed by atoms with E-state index in [2.05, 4.69) is 5.32 Å². The largest absolute Gasteiger partial charge is 0.478 e. The molecule has 2 N–H and O–H groups in total. The van der Waals surface area contributed by atoms with Gasteiger partial charge in [0.15, 0.2) is 0 Å². The highest BCUT2D eigenvalue weighted by Crippen LogP contribution is 2.14. The number of benzene rings is 2. The number of hydrogen-bond acceptors (Lipinski definition) is 2. The molecule has 3 nitrogen and oxygen atoms in total. The third kappa shape index (κ3) is 3.31. The summed E-state index contributed by atoms with van der Waals surface area (Å²) in [6, 6.07) is 11.2. The summed E-state index contributed by atoms with van der Waals surface area (Å²) in [4.78, 5) is 10.7. The molecule has 0 aliphatic heterocycles. The summed E-state index contributed by atoms with van der Waals surface area (Å²) in [5.41, 5.74) is 2.97. The molecule has 4 heteroatoms. The number of anilines is 1. The van der Waals surface area contributed by atoms with Crippen molar-refractivity contribution in [3.8, 4) is 0 Å². The van der Waals surface area contributed by atoms with Crippen LogP contribution in [0.1, 0.15) is 21.5 Å². The molecule has 0 heterocycles. The van der Waals surface area contributed by atoms with Gasteiger partial charge in [-0.2, -0.15) is 0 Å². The molecule has 0 spiro atoms. The number of carboxylic acid groups (broad SMARTS) is 1. The number of aromatic carboxylic acids is 1. The second-order valence-electron chi connectivity index (χ2n) is 4.31. The predicted molar refractivity (Wildman–Crippen MR) is 71.9 cm³/mol. The molecule has 2 rings (SSSR count). The van der Waals surface area contributed by atoms with E-state index in [4.69, 9.17) is 5.11 Å². The second kappa shape index (κ2) is 5.52. The van der Waals surface area contributed by atoms with E-state index in [9.17, 15) is 9.18 Å². The summed E-state index contributed by atoms with van der Waals surface area (Å²) in [6.07, 6.45) is 0. The molecular weight excluding hydrogens is 245 g/mol. The Labute approximate surface area is 110 Å². The highest BCUT2D eigenvalue weighted by molar-refractivity contribution is 5.87. The van der Waals surface area contributed by atoms with Crippen LogP contribution < -0.4 is 5.32 Å². The van der Waals surface area contributed by atoms with Crippen LogP contribution in [-0.2, 0) is 6.54 Å². The molecule has 0 saturated heterocycles. The van der Waals surface area contributed by atoms with E-state index in [-0.39, 0.29) is 11.4 Å². The van der Waals surface area contributed by atoms with Crippen molar-refractivity contribution in [3.05, 3.63) is 65.0 Å². The van der Waals surface area contributed by atoms with E-state index in [0.717, 1.165) is 16.8 Å². The Morgan fingerprint density at radius 3 is 2.47 bits per heavy atom. The average molecular weight is 259 g/mol. The highest BCUT2D eigenvalue weighted by Gasteiger charge is 2.03. The SMILES string of the molecule is Cc1cc(F)ccc1CNc1ccc(C(=O)O)cc1. The standard InChI is InChI=1S/C15H14FNO2/c1-10-8-13(16)5-2-12(10)9-17-14-6-3-11(4-7-14)15(18)19/h2-8,17H,9H2,1H3,(H,18,19). The molecule has 0 aliphatic carbocycles. The smallest absolute Gasteiger partial charge is 0.335 e. The molecule has 98 valence electrons. The molecule has 0 saturated carbocycles. The lowest BCUT2D eigenvalue weighted by molar-refractivity contribution is 0.0697. The van der Waals surface area contributed by atoms with Crippen LogP contribution in [0.3, 0.4) is 0 Å². The van der Waals surface area contributed by atoms with Crippen LogP contribution in [0, 0.1) is 12.7 Å². The number of carboxylic acids is 1. The molecule has 0 atom stereocenters. The fourth-order valence-electron chi connectivity index (χ4n) is 1.79. The highest BCUT2D eigenvalue weighted by atomic mass is 19.1. The number of hydrogen-bond donors (Lipinski definition) is 2. The quantitative estimate of drug-likeness (QED) is 0.884. The molecule has 2 aromatic carbocycles. The van der Waals surface area contributed by atoms with Gasteiger partial charge in [0.2, 0.25) is 0 Å². The van der Waals surface area contributed by atoms with Gasteiger partial charge in [-0.3, -0.25) is 0 Å². The van der Waals surface area contributed by atoms with Gasteiger partial charge in [-0.05, 0) is 54.4 Å². The topological polar surface area (TPSA) is 49.3 Å². The Hall–Kier alpha value is -2.36. The van der Waals surface area contributed by atoms with Crippen molar-refractivity contribution >= 4 is 11.7 Å². The van der Waals surface area contributed by atoms with Gasteiger partial charge < -0.3 is 10.4 Å². The number of aryl methyl sites for hydroxylation is 1. The molecule has 0 bridgehead atoms. The summed E-state index contributed by atoms with van der Waals surface area (Å²) in [6.45, 7) is 2.42. The van der Waals surface area contributed by atoms with E-state index in [1.54, 1.807) is 30.3 Å². The molecule has 0 aliphatic rings. The summed E-state index contributed by atoms with van der Waals surface area (Å²) in [7, 11) is 0. The molecule has 19 heavy (non-hydrogen) atoms. The second-order valence-corrected chi connectivity index (χ2v) is 4.31. The fourth-order valence-corrected chi connectivity index (χ4v) is 1.79. The van der Waals surface area contributed by atoms with Crippen molar-refractivity contribution in [1.82, 2.24) is 0 Å². The van der Waals surface area contributed by atoms with Gasteiger partial charge in [0.05, 0.1) is 5.56 Å². The van der Waals surface area contributed by atoms with Gasteiger partial charge in [-0.25, -0.2) is 9.18 Å². The van der Waals surface area contributed by atoms with Crippen molar-refractivity contribution < 1.29 is 14.3 Å². The van der Waals surface area contributed by atoms with Gasteiger partial charge in [0.25, 0.3) is 0 Å². The van der Waals surface area contributed by atoms with E-state index < -0.39 is 5.97 Å². The normalized spacial score (nSPS) is 10.2. The maximum absolute atomic E-state index is 13.0. The van der Waals surface area contributed by atoms with Crippen LogP contribution in [0.25, 0.3) is 0 Å². The molecular formula is C15H14FNO2. The van der Waals surface area contributed by atoms with E-state index in [0.29, 0.717) is 6.54 Å². The number of carbonyl (C=O) groups is 1. The monoisotopic (exact) mass is 259 g/mol. The Balaban J connectivity index is 2.04. The Morgan fingerprint density at radius 1 is 1.21 bits per heavy atom. The predicted octanol–water partition coefficient (Wildman–Crippen LogP) is 3.44. The molecule has 2 aromatic rings. The maximum Gasteiger partial charge on any atom is 0.335 e. The first-order valence-corrected chi connectivity index (χ1v) is 5.88. The molecule has 0 fully saturated rings. The van der Waals surface area contributed by atoms with Crippen LogP contribution in [0.5, 0.6) is 0 Å². The van der Waals surface area contributed by atoms with Crippen molar-refractivity contribution in [2.75, 3.05) is 5.32 Å². The van der Waals surface area contributed by atoms with Crippen LogP contribution in [0.2, 0.25) is 0 Å². The summed E-state index contributed by atoms with van der Waals surface area (Å²) >= 11 is 0. The molecule has 0 amide bonds. The van der Waals surface area contributed by atoms with Crippen molar-refractivity contribution in [1.29, 1.82) is 0 Å². The van der Waals surface area contributed by atoms with Crippen molar-refractivity contribution in [3.63, 3.8) is 0 Å². The molecule has 0 unspecified atom stereocenters. The van der Waals surface area contributed by atoms with Gasteiger partial charge in [0.1, 0.15) is 5.82 Å². The lowest BCUT2D eigenvalue weighted by Gasteiger charge is -2.09. The molecule has 0 radical (unpaired) electrons. The van der Waals surface area contributed by atoms with E-state index >= 15 is 0 Å². The minimum Gasteiger partial charge on any atom is -0.478 e. The first-order valence-electron chi connectivity index (χ1n) is 5.88. The lowest BCUT2D eigenvalue weighted by Crippen LogP contribution is -2.02. The fraction of sp³-hybridized carbons (Fsp3) is 0.133. The zero-order chi connectivity index (χ0) is 13.8. The van der Waals surface area contributed by atoms with E-state index in [1.807, 2.05) is 6.92 Å². The Morgan fingerprint density at radius 2 is 1.89 bits per heavy atom. The van der Waals surface area contributed by atoms with Crippen molar-refractivity contribution in [2.45, 2.75) is 13.5 Å². The Bertz CT molecular complexity index is 594. The Kier molecular flexibility index (Phi) is 3.80.